The van der Waals surface area contributed by atoms with E-state index >= 15 is 0 Å². The quantitative estimate of drug-likeness (QED) is 0.0842. The summed E-state index contributed by atoms with van der Waals surface area (Å²) in [5.41, 5.74) is 2.72. The van der Waals surface area contributed by atoms with Crippen molar-refractivity contribution in [1.29, 1.82) is 0 Å². The second-order valence-corrected chi connectivity index (χ2v) is 12.3. The molecule has 50 heavy (non-hydrogen) atoms. The fraction of sp³-hybridized carbons (Fsp3) is 0.270. The number of nitrogens with zero attached hydrogens (tertiary/aromatic N) is 4. The van der Waals surface area contributed by atoms with Crippen LogP contribution in [0.5, 0.6) is 11.6 Å². The SMILES string of the molecule is C#Cc1cc(Nc2nccc(Oc3ccc(NC(=O)Nc4cc(C(C)(C)C)nn4C)c4ccccc34)n2)cc(C(=O)NCCOCCOC)c1. The monoisotopic (exact) mass is 676 g/mol. The van der Waals surface area contributed by atoms with Gasteiger partial charge in [-0.15, -0.1) is 6.42 Å². The molecule has 0 fully saturated rings. The van der Waals surface area contributed by atoms with E-state index < -0.39 is 6.03 Å². The first kappa shape index (κ1) is 35.3. The van der Waals surface area contributed by atoms with Crippen LogP contribution in [0.1, 0.15) is 42.4 Å². The number of anilines is 4. The fourth-order valence-electron chi connectivity index (χ4n) is 4.89. The summed E-state index contributed by atoms with van der Waals surface area (Å²) in [5, 5.41) is 17.8. The lowest BCUT2D eigenvalue weighted by Gasteiger charge is -2.14. The Labute approximate surface area is 290 Å². The Hall–Kier alpha value is -5.97. The molecule has 2 heterocycles. The van der Waals surface area contributed by atoms with Crippen molar-refractivity contribution in [3.05, 3.63) is 89.7 Å². The van der Waals surface area contributed by atoms with Gasteiger partial charge < -0.3 is 30.2 Å². The number of urea groups is 1. The molecule has 0 bridgehead atoms. The second kappa shape index (κ2) is 16.0. The molecule has 0 aliphatic carbocycles. The summed E-state index contributed by atoms with van der Waals surface area (Å²) < 4.78 is 18.2. The summed E-state index contributed by atoms with van der Waals surface area (Å²) in [6, 6.07) is 19.2. The number of aromatic nitrogens is 4. The lowest BCUT2D eigenvalue weighted by atomic mass is 9.92. The van der Waals surface area contributed by atoms with E-state index in [9.17, 15) is 9.59 Å². The van der Waals surface area contributed by atoms with Gasteiger partial charge in [0.25, 0.3) is 5.91 Å². The third-order valence-electron chi connectivity index (χ3n) is 7.45. The van der Waals surface area contributed by atoms with E-state index in [2.05, 4.69) is 63.0 Å². The molecule has 0 unspecified atom stereocenters. The Morgan fingerprint density at radius 1 is 0.960 bits per heavy atom. The predicted octanol–water partition coefficient (Wildman–Crippen LogP) is 6.21. The molecule has 0 aliphatic heterocycles. The number of carbonyl (C=O) groups is 2. The molecule has 0 saturated carbocycles. The van der Waals surface area contributed by atoms with Crippen LogP contribution in [0.3, 0.4) is 0 Å². The molecule has 0 radical (unpaired) electrons. The van der Waals surface area contributed by atoms with Gasteiger partial charge in [-0.05, 0) is 30.3 Å². The standard InChI is InChI=1S/C37H40N8O5/c1-7-24-20-25(34(46)38-16-17-49-19-18-48-6)22-26(21-24)40-35-39-15-14-33(43-35)50-30-13-12-29(27-10-8-9-11-28(27)30)41-36(47)42-32-23-31(37(2,3)4)44-45(32)5/h1,8-15,20-23H,16-19H2,2-6H3,(H,38,46)(H,39,40,43)(H2,41,42,47). The lowest BCUT2D eigenvalue weighted by molar-refractivity contribution is 0.0692. The van der Waals surface area contributed by atoms with Gasteiger partial charge >= 0.3 is 6.03 Å². The van der Waals surface area contributed by atoms with Crippen LogP contribution >= 0.6 is 0 Å². The minimum Gasteiger partial charge on any atom is -0.438 e. The summed E-state index contributed by atoms with van der Waals surface area (Å²) in [6.07, 6.45) is 7.23. The fourth-order valence-corrected chi connectivity index (χ4v) is 4.89. The van der Waals surface area contributed by atoms with Crippen molar-refractivity contribution in [1.82, 2.24) is 25.1 Å². The second-order valence-electron chi connectivity index (χ2n) is 12.3. The zero-order valence-electron chi connectivity index (χ0n) is 28.7. The minimum atomic E-state index is -0.402. The van der Waals surface area contributed by atoms with Crippen molar-refractivity contribution in [3.63, 3.8) is 0 Å². The molecular weight excluding hydrogens is 636 g/mol. The Balaban J connectivity index is 1.28. The predicted molar refractivity (Wildman–Crippen MR) is 193 cm³/mol. The van der Waals surface area contributed by atoms with Gasteiger partial charge in [-0.1, -0.05) is 51.0 Å². The van der Waals surface area contributed by atoms with E-state index in [-0.39, 0.29) is 23.2 Å². The Morgan fingerprint density at radius 3 is 2.50 bits per heavy atom. The average molecular weight is 677 g/mol. The van der Waals surface area contributed by atoms with Crippen molar-refractivity contribution in [2.45, 2.75) is 26.2 Å². The zero-order chi connectivity index (χ0) is 35.7. The van der Waals surface area contributed by atoms with Crippen molar-refractivity contribution >= 4 is 45.9 Å². The Morgan fingerprint density at radius 2 is 1.76 bits per heavy atom. The van der Waals surface area contributed by atoms with Gasteiger partial charge in [-0.3, -0.25) is 14.8 Å². The van der Waals surface area contributed by atoms with Gasteiger partial charge in [-0.25, -0.2) is 9.78 Å². The van der Waals surface area contributed by atoms with Crippen LogP contribution in [0.2, 0.25) is 0 Å². The topological polar surface area (TPSA) is 154 Å². The van der Waals surface area contributed by atoms with Crippen molar-refractivity contribution in [2.75, 3.05) is 49.4 Å². The number of carbonyl (C=O) groups excluding carboxylic acids is 2. The minimum absolute atomic E-state index is 0.157. The van der Waals surface area contributed by atoms with Crippen molar-refractivity contribution in [3.8, 4) is 24.0 Å². The number of hydrogen-bond acceptors (Lipinski definition) is 9. The van der Waals surface area contributed by atoms with Gasteiger partial charge in [0.2, 0.25) is 11.8 Å². The van der Waals surface area contributed by atoms with Crippen LogP contribution in [0.25, 0.3) is 10.8 Å². The molecule has 2 aromatic heterocycles. The third-order valence-corrected chi connectivity index (χ3v) is 7.45. The first-order valence-electron chi connectivity index (χ1n) is 15.9. The van der Waals surface area contributed by atoms with E-state index in [4.69, 9.17) is 20.6 Å². The molecule has 258 valence electrons. The first-order chi connectivity index (χ1) is 24.0. The molecular formula is C37H40N8O5. The third kappa shape index (κ3) is 9.13. The van der Waals surface area contributed by atoms with Gasteiger partial charge in [0, 0.05) is 72.0 Å². The number of aryl methyl sites for hydroxylation is 1. The number of terminal acetylenes is 1. The first-order valence-corrected chi connectivity index (χ1v) is 15.9. The van der Waals surface area contributed by atoms with Crippen LogP contribution in [0.4, 0.5) is 27.9 Å². The Kier molecular flexibility index (Phi) is 11.3. The van der Waals surface area contributed by atoms with Gasteiger partial charge in [0.15, 0.2) is 0 Å². The molecule has 0 atom stereocenters. The highest BCUT2D eigenvalue weighted by Gasteiger charge is 2.20. The van der Waals surface area contributed by atoms with Gasteiger partial charge in [-0.2, -0.15) is 10.1 Å². The maximum atomic E-state index is 13.0. The van der Waals surface area contributed by atoms with Crippen LogP contribution in [-0.2, 0) is 21.9 Å². The van der Waals surface area contributed by atoms with Crippen LogP contribution in [0.15, 0.2) is 72.9 Å². The molecule has 4 N–H and O–H groups in total. The highest BCUT2D eigenvalue weighted by Crippen LogP contribution is 2.34. The highest BCUT2D eigenvalue weighted by atomic mass is 16.5. The maximum absolute atomic E-state index is 13.0. The molecule has 5 aromatic rings. The number of hydrogen-bond donors (Lipinski definition) is 4. The number of fused-ring (bicyclic) bond motifs is 1. The summed E-state index contributed by atoms with van der Waals surface area (Å²) in [7, 11) is 3.38. The number of methoxy groups -OCH3 is 1. The number of benzene rings is 3. The number of ether oxygens (including phenoxy) is 3. The highest BCUT2D eigenvalue weighted by molar-refractivity contribution is 6.07. The summed E-state index contributed by atoms with van der Waals surface area (Å²) in [6.45, 7) is 7.80. The van der Waals surface area contributed by atoms with E-state index in [1.807, 2.05) is 30.3 Å². The van der Waals surface area contributed by atoms with Crippen molar-refractivity contribution < 1.29 is 23.8 Å². The average Bonchev–Trinajstić information content (AvgIpc) is 3.47. The molecule has 0 aliphatic rings. The van der Waals surface area contributed by atoms with E-state index in [1.165, 1.54) is 0 Å². The number of nitrogens with one attached hydrogen (secondary N) is 4. The maximum Gasteiger partial charge on any atom is 0.324 e. The van der Waals surface area contributed by atoms with Crippen LogP contribution in [-0.4, -0.2) is 65.2 Å². The normalized spacial score (nSPS) is 11.1. The number of rotatable bonds is 13. The van der Waals surface area contributed by atoms with Crippen LogP contribution in [0, 0.1) is 12.3 Å². The summed E-state index contributed by atoms with van der Waals surface area (Å²) in [5.74, 6) is 3.89. The molecule has 5 rings (SSSR count). The Bertz CT molecular complexity index is 2030. The smallest absolute Gasteiger partial charge is 0.324 e. The molecule has 0 saturated heterocycles. The molecule has 13 nitrogen and oxygen atoms in total. The molecule has 13 heteroatoms. The summed E-state index contributed by atoms with van der Waals surface area (Å²) >= 11 is 0. The van der Waals surface area contributed by atoms with E-state index in [1.54, 1.807) is 61.4 Å². The zero-order valence-corrected chi connectivity index (χ0v) is 28.7. The number of amides is 3. The largest absolute Gasteiger partial charge is 0.438 e. The van der Waals surface area contributed by atoms with E-state index in [0.717, 1.165) is 16.5 Å². The summed E-state index contributed by atoms with van der Waals surface area (Å²) in [4.78, 5) is 34.7. The van der Waals surface area contributed by atoms with Crippen LogP contribution < -0.4 is 26.0 Å². The van der Waals surface area contributed by atoms with E-state index in [0.29, 0.717) is 60.4 Å². The lowest BCUT2D eigenvalue weighted by Crippen LogP contribution is -2.27. The van der Waals surface area contributed by atoms with Crippen molar-refractivity contribution in [2.24, 2.45) is 7.05 Å². The molecule has 3 aromatic carbocycles. The molecule has 3 amide bonds. The van der Waals surface area contributed by atoms with Gasteiger partial charge in [0.1, 0.15) is 11.6 Å². The molecule has 0 spiro atoms. The van der Waals surface area contributed by atoms with Gasteiger partial charge in [0.05, 0.1) is 31.2 Å².